The monoisotopic (exact) mass is 274 g/mol. The average Bonchev–Trinajstić information content (AvgIpc) is 2.76. The highest BCUT2D eigenvalue weighted by molar-refractivity contribution is 7.99. The normalized spacial score (nSPS) is 11.2. The molecule has 0 unspecified atom stereocenters. The van der Waals surface area contributed by atoms with E-state index in [0.29, 0.717) is 16.6 Å². The molecule has 0 amide bonds. The minimum Gasteiger partial charge on any atom is -0.481 e. The zero-order chi connectivity index (χ0) is 13.2. The van der Waals surface area contributed by atoms with Crippen LogP contribution in [-0.2, 0) is 4.79 Å². The van der Waals surface area contributed by atoms with Crippen molar-refractivity contribution < 1.29 is 9.90 Å². The van der Waals surface area contributed by atoms with E-state index < -0.39 is 5.97 Å². The lowest BCUT2D eigenvalue weighted by molar-refractivity contribution is -0.136. The van der Waals surface area contributed by atoms with Gasteiger partial charge in [0.1, 0.15) is 5.52 Å². The van der Waals surface area contributed by atoms with E-state index in [1.807, 2.05) is 24.3 Å². The zero-order valence-electron chi connectivity index (χ0n) is 9.83. The highest BCUT2D eigenvalue weighted by Crippen LogP contribution is 2.23. The van der Waals surface area contributed by atoms with Crippen LogP contribution in [0.1, 0.15) is 6.42 Å². The fourth-order valence-corrected chi connectivity index (χ4v) is 2.51. The van der Waals surface area contributed by atoms with Crippen molar-refractivity contribution in [3.63, 3.8) is 0 Å². The van der Waals surface area contributed by atoms with Gasteiger partial charge in [0.25, 0.3) is 0 Å². The number of benzene rings is 1. The Hall–Kier alpha value is -2.15. The van der Waals surface area contributed by atoms with E-state index in [-0.39, 0.29) is 6.42 Å². The number of carboxylic acid groups (broad SMARTS) is 1. The van der Waals surface area contributed by atoms with E-state index in [2.05, 4.69) is 20.2 Å². The predicted molar refractivity (Wildman–Crippen MR) is 72.2 cm³/mol. The molecule has 0 atom stereocenters. The van der Waals surface area contributed by atoms with Crippen LogP contribution >= 0.6 is 11.8 Å². The van der Waals surface area contributed by atoms with Crippen LogP contribution in [0.2, 0.25) is 0 Å². The maximum Gasteiger partial charge on any atom is 0.304 e. The number of hydrogen-bond donors (Lipinski definition) is 2. The number of aromatic amines is 1. The minimum absolute atomic E-state index is 0.0821. The molecule has 1 aromatic carbocycles. The van der Waals surface area contributed by atoms with Crippen molar-refractivity contribution in [3.8, 4) is 0 Å². The second kappa shape index (κ2) is 4.85. The Bertz CT molecular complexity index is 756. The van der Waals surface area contributed by atoms with Crippen LogP contribution in [0.3, 0.4) is 0 Å². The molecule has 3 aromatic rings. The first kappa shape index (κ1) is 11.9. The summed E-state index contributed by atoms with van der Waals surface area (Å²) in [6.07, 6.45) is 0.0821. The van der Waals surface area contributed by atoms with Crippen molar-refractivity contribution in [2.24, 2.45) is 0 Å². The second-order valence-electron chi connectivity index (χ2n) is 3.95. The third-order valence-corrected chi connectivity index (χ3v) is 3.49. The van der Waals surface area contributed by atoms with Gasteiger partial charge >= 0.3 is 5.97 Å². The number of carboxylic acids is 1. The number of nitrogens with zero attached hydrogens (tertiary/aromatic N) is 3. The van der Waals surface area contributed by atoms with Gasteiger partial charge in [-0.1, -0.05) is 30.0 Å². The second-order valence-corrected chi connectivity index (χ2v) is 5.02. The molecular formula is C12H10N4O2S. The molecular weight excluding hydrogens is 264 g/mol. The van der Waals surface area contributed by atoms with E-state index in [0.717, 1.165) is 16.4 Å². The molecule has 7 heteroatoms. The number of aromatic nitrogens is 4. The Balaban J connectivity index is 1.92. The number of para-hydroxylation sites is 1. The van der Waals surface area contributed by atoms with Crippen LogP contribution in [0, 0.1) is 0 Å². The molecule has 0 spiro atoms. The molecule has 2 N–H and O–H groups in total. The lowest BCUT2D eigenvalue weighted by Gasteiger charge is -1.96. The molecule has 6 nitrogen and oxygen atoms in total. The molecule has 19 heavy (non-hydrogen) atoms. The van der Waals surface area contributed by atoms with Gasteiger partial charge in [0.2, 0.25) is 5.16 Å². The fraction of sp³-hybridized carbons (Fsp3) is 0.167. The molecule has 2 aromatic heterocycles. The maximum absolute atomic E-state index is 10.4. The summed E-state index contributed by atoms with van der Waals surface area (Å²) in [5.41, 5.74) is 2.37. The Morgan fingerprint density at radius 3 is 3.00 bits per heavy atom. The lowest BCUT2D eigenvalue weighted by atomic mass is 10.2. The number of carbonyl (C=O) groups is 1. The van der Waals surface area contributed by atoms with Crippen LogP contribution in [0.25, 0.3) is 22.1 Å². The molecule has 0 aliphatic heterocycles. The summed E-state index contributed by atoms with van der Waals surface area (Å²) in [4.78, 5) is 18.0. The highest BCUT2D eigenvalue weighted by atomic mass is 32.2. The summed E-state index contributed by atoms with van der Waals surface area (Å²) in [6, 6.07) is 7.79. The molecule has 0 fully saturated rings. The van der Waals surface area contributed by atoms with Gasteiger partial charge in [-0.05, 0) is 6.07 Å². The Kier molecular flexibility index (Phi) is 3.04. The van der Waals surface area contributed by atoms with E-state index >= 15 is 0 Å². The van der Waals surface area contributed by atoms with Crippen LogP contribution in [0.15, 0.2) is 29.4 Å². The van der Waals surface area contributed by atoms with Crippen LogP contribution in [0.5, 0.6) is 0 Å². The maximum atomic E-state index is 10.4. The SMILES string of the molecule is O=C(O)CCSc1nnc2c(n1)[nH]c1ccccc12. The zero-order valence-corrected chi connectivity index (χ0v) is 10.6. The minimum atomic E-state index is -0.827. The van der Waals surface area contributed by atoms with Crippen LogP contribution in [0.4, 0.5) is 0 Å². The number of fused-ring (bicyclic) bond motifs is 3. The van der Waals surface area contributed by atoms with Crippen molar-refractivity contribution in [2.45, 2.75) is 11.6 Å². The predicted octanol–water partition coefficient (Wildman–Crippen LogP) is 2.07. The van der Waals surface area contributed by atoms with Gasteiger partial charge in [-0.25, -0.2) is 4.98 Å². The first-order valence-electron chi connectivity index (χ1n) is 5.70. The Morgan fingerprint density at radius 2 is 2.16 bits per heavy atom. The first-order valence-corrected chi connectivity index (χ1v) is 6.68. The van der Waals surface area contributed by atoms with Crippen molar-refractivity contribution in [1.82, 2.24) is 20.2 Å². The number of nitrogens with one attached hydrogen (secondary N) is 1. The Labute approximate surface area is 112 Å². The molecule has 0 saturated heterocycles. The summed E-state index contributed by atoms with van der Waals surface area (Å²) in [5, 5.41) is 18.2. The average molecular weight is 274 g/mol. The van der Waals surface area contributed by atoms with Gasteiger partial charge in [0, 0.05) is 16.7 Å². The van der Waals surface area contributed by atoms with E-state index in [1.54, 1.807) is 0 Å². The van der Waals surface area contributed by atoms with Crippen molar-refractivity contribution in [1.29, 1.82) is 0 Å². The van der Waals surface area contributed by atoms with Crippen molar-refractivity contribution >= 4 is 39.8 Å². The molecule has 0 aliphatic carbocycles. The largest absolute Gasteiger partial charge is 0.481 e. The summed E-state index contributed by atoms with van der Waals surface area (Å²) < 4.78 is 0. The van der Waals surface area contributed by atoms with E-state index in [1.165, 1.54) is 11.8 Å². The number of rotatable bonds is 4. The molecule has 0 radical (unpaired) electrons. The van der Waals surface area contributed by atoms with Crippen LogP contribution < -0.4 is 0 Å². The van der Waals surface area contributed by atoms with E-state index in [9.17, 15) is 4.79 Å². The topological polar surface area (TPSA) is 91.8 Å². The molecule has 3 rings (SSSR count). The van der Waals surface area contributed by atoms with Gasteiger partial charge in [-0.2, -0.15) is 0 Å². The smallest absolute Gasteiger partial charge is 0.304 e. The lowest BCUT2D eigenvalue weighted by Crippen LogP contribution is -1.98. The molecule has 0 aliphatic rings. The molecule has 96 valence electrons. The number of H-pyrrole nitrogens is 1. The quantitative estimate of drug-likeness (QED) is 0.708. The van der Waals surface area contributed by atoms with Crippen molar-refractivity contribution in [3.05, 3.63) is 24.3 Å². The summed E-state index contributed by atoms with van der Waals surface area (Å²) in [6.45, 7) is 0. The third-order valence-electron chi connectivity index (χ3n) is 2.65. The standard InChI is InChI=1S/C12H10N4O2S/c17-9(18)5-6-19-12-14-11-10(15-16-12)7-3-1-2-4-8(7)13-11/h1-4H,5-6H2,(H,17,18)(H,13,14,16). The number of hydrogen-bond acceptors (Lipinski definition) is 5. The summed E-state index contributed by atoms with van der Waals surface area (Å²) in [7, 11) is 0. The Morgan fingerprint density at radius 1 is 1.32 bits per heavy atom. The first-order chi connectivity index (χ1) is 9.24. The number of aliphatic carboxylic acids is 1. The fourth-order valence-electron chi connectivity index (χ4n) is 1.80. The van der Waals surface area contributed by atoms with Gasteiger partial charge < -0.3 is 10.1 Å². The summed E-state index contributed by atoms with van der Waals surface area (Å²) >= 11 is 1.29. The summed E-state index contributed by atoms with van der Waals surface area (Å²) in [5.74, 6) is -0.393. The van der Waals surface area contributed by atoms with Gasteiger partial charge in [-0.3, -0.25) is 4.79 Å². The van der Waals surface area contributed by atoms with Gasteiger partial charge in [0.15, 0.2) is 5.65 Å². The molecule has 2 heterocycles. The number of thioether (sulfide) groups is 1. The molecule has 0 saturated carbocycles. The molecule has 0 bridgehead atoms. The highest BCUT2D eigenvalue weighted by Gasteiger charge is 2.09. The van der Waals surface area contributed by atoms with Crippen LogP contribution in [-0.4, -0.2) is 37.0 Å². The van der Waals surface area contributed by atoms with Gasteiger partial charge in [0.05, 0.1) is 6.42 Å². The third kappa shape index (κ3) is 2.37. The van der Waals surface area contributed by atoms with Crippen molar-refractivity contribution in [2.75, 3.05) is 5.75 Å². The van der Waals surface area contributed by atoms with Gasteiger partial charge in [-0.15, -0.1) is 10.2 Å². The van der Waals surface area contributed by atoms with E-state index in [4.69, 9.17) is 5.11 Å².